The molecule has 1 heterocycles. The Labute approximate surface area is 129 Å². The maximum Gasteiger partial charge on any atom is 0.349 e. The zero-order chi connectivity index (χ0) is 14.9. The molecule has 4 heteroatoms. The second kappa shape index (κ2) is 5.76. The van der Waals surface area contributed by atoms with Gasteiger partial charge in [0, 0.05) is 11.3 Å². The van der Waals surface area contributed by atoms with E-state index in [1.807, 2.05) is 31.2 Å². The maximum absolute atomic E-state index is 12.3. The minimum absolute atomic E-state index is 0.196. The first kappa shape index (κ1) is 14.5. The molecule has 1 aromatic rings. The number of hydrogen-bond acceptors (Lipinski definition) is 4. The summed E-state index contributed by atoms with van der Waals surface area (Å²) < 4.78 is 5.73. The van der Waals surface area contributed by atoms with Crippen molar-refractivity contribution in [2.75, 3.05) is 0 Å². The summed E-state index contributed by atoms with van der Waals surface area (Å²) >= 11 is 1.31. The largest absolute Gasteiger partial charge is 0.511 e. The van der Waals surface area contributed by atoms with Crippen molar-refractivity contribution in [3.05, 3.63) is 40.5 Å². The molecule has 0 amide bonds. The second-order valence-electron chi connectivity index (χ2n) is 5.95. The van der Waals surface area contributed by atoms with Gasteiger partial charge >= 0.3 is 5.97 Å². The first-order valence-corrected chi connectivity index (χ1v) is 8.30. The van der Waals surface area contributed by atoms with E-state index in [1.165, 1.54) is 18.2 Å². The summed E-state index contributed by atoms with van der Waals surface area (Å²) in [4.78, 5) is 13.7. The molecule has 0 radical (unpaired) electrons. The minimum atomic E-state index is -0.449. The number of aliphatic hydroxyl groups is 1. The van der Waals surface area contributed by atoms with Crippen molar-refractivity contribution in [2.45, 2.75) is 55.9 Å². The monoisotopic (exact) mass is 304 g/mol. The number of esters is 1. The smallest absolute Gasteiger partial charge is 0.349 e. The van der Waals surface area contributed by atoms with Crippen LogP contribution in [-0.2, 0) is 9.53 Å². The molecule has 3 nitrogen and oxygen atoms in total. The van der Waals surface area contributed by atoms with Crippen LogP contribution in [0.25, 0.3) is 0 Å². The molecule has 1 N–H and O–H groups in total. The number of benzene rings is 1. The Hall–Kier alpha value is -1.42. The number of aryl methyl sites for hydroxylation is 1. The molecule has 2 aliphatic rings. The number of carbonyl (C=O) groups excluding carboxylic acids is 1. The SMILES string of the molecule is Cc1ccccc1SC1=C(O)CC2(CCCCC2)OC1=O. The average Bonchev–Trinajstić information content (AvgIpc) is 2.45. The molecule has 0 atom stereocenters. The molecule has 3 rings (SSSR count). The van der Waals surface area contributed by atoms with Gasteiger partial charge in [-0.15, -0.1) is 0 Å². The Bertz CT molecular complexity index is 585. The lowest BCUT2D eigenvalue weighted by Crippen LogP contribution is -2.41. The van der Waals surface area contributed by atoms with E-state index in [2.05, 4.69) is 0 Å². The number of ether oxygens (including phenoxy) is 1. The highest BCUT2D eigenvalue weighted by Gasteiger charge is 2.42. The molecule has 0 unspecified atom stereocenters. The zero-order valence-electron chi connectivity index (χ0n) is 12.2. The molecule has 1 spiro atoms. The van der Waals surface area contributed by atoms with Crippen LogP contribution in [0.1, 0.15) is 44.1 Å². The van der Waals surface area contributed by atoms with Gasteiger partial charge in [-0.3, -0.25) is 0 Å². The predicted molar refractivity (Wildman–Crippen MR) is 83.2 cm³/mol. The van der Waals surface area contributed by atoms with Crippen LogP contribution in [0.15, 0.2) is 39.8 Å². The van der Waals surface area contributed by atoms with Gasteiger partial charge in [-0.1, -0.05) is 36.4 Å². The zero-order valence-corrected chi connectivity index (χ0v) is 13.0. The lowest BCUT2D eigenvalue weighted by atomic mass is 9.81. The van der Waals surface area contributed by atoms with E-state index >= 15 is 0 Å². The van der Waals surface area contributed by atoms with Crippen LogP contribution >= 0.6 is 11.8 Å². The van der Waals surface area contributed by atoms with Crippen molar-refractivity contribution in [1.82, 2.24) is 0 Å². The number of aliphatic hydroxyl groups excluding tert-OH is 1. The Kier molecular flexibility index (Phi) is 3.98. The number of carbonyl (C=O) groups is 1. The van der Waals surface area contributed by atoms with E-state index < -0.39 is 5.60 Å². The Morgan fingerprint density at radius 2 is 1.90 bits per heavy atom. The van der Waals surface area contributed by atoms with E-state index in [0.29, 0.717) is 11.3 Å². The van der Waals surface area contributed by atoms with Crippen molar-refractivity contribution in [2.24, 2.45) is 0 Å². The number of hydrogen-bond donors (Lipinski definition) is 1. The van der Waals surface area contributed by atoms with Gasteiger partial charge in [-0.2, -0.15) is 0 Å². The fourth-order valence-electron chi connectivity index (χ4n) is 3.14. The highest BCUT2D eigenvalue weighted by Crippen LogP contribution is 2.44. The normalized spacial score (nSPS) is 21.5. The first-order chi connectivity index (χ1) is 10.1. The van der Waals surface area contributed by atoms with Crippen molar-refractivity contribution in [3.8, 4) is 0 Å². The standard InChI is InChI=1S/C17H20O3S/c1-12-7-3-4-8-14(12)21-15-13(18)11-17(20-16(15)19)9-5-2-6-10-17/h3-4,7-8,18H,2,5-6,9-11H2,1H3. The predicted octanol–water partition coefficient (Wildman–Crippen LogP) is 4.51. The van der Waals surface area contributed by atoms with Gasteiger partial charge in [-0.25, -0.2) is 4.79 Å². The van der Waals surface area contributed by atoms with Gasteiger partial charge in [0.15, 0.2) is 0 Å². The summed E-state index contributed by atoms with van der Waals surface area (Å²) in [5, 5.41) is 10.4. The van der Waals surface area contributed by atoms with Gasteiger partial charge in [0.05, 0.1) is 0 Å². The van der Waals surface area contributed by atoms with Crippen molar-refractivity contribution in [3.63, 3.8) is 0 Å². The number of thioether (sulfide) groups is 1. The molecule has 0 bridgehead atoms. The molecule has 21 heavy (non-hydrogen) atoms. The summed E-state index contributed by atoms with van der Waals surface area (Å²) in [6.45, 7) is 2.00. The molecular weight excluding hydrogens is 284 g/mol. The third kappa shape index (κ3) is 2.95. The summed E-state index contributed by atoms with van der Waals surface area (Å²) in [5.41, 5.74) is 0.642. The highest BCUT2D eigenvalue weighted by molar-refractivity contribution is 8.04. The van der Waals surface area contributed by atoms with E-state index in [4.69, 9.17) is 4.74 Å². The van der Waals surface area contributed by atoms with Crippen LogP contribution in [-0.4, -0.2) is 16.7 Å². The first-order valence-electron chi connectivity index (χ1n) is 7.49. The molecule has 0 aromatic heterocycles. The number of rotatable bonds is 2. The van der Waals surface area contributed by atoms with Crippen LogP contribution < -0.4 is 0 Å². The molecular formula is C17H20O3S. The molecule has 112 valence electrons. The second-order valence-corrected chi connectivity index (χ2v) is 7.01. The van der Waals surface area contributed by atoms with Gasteiger partial charge in [0.25, 0.3) is 0 Å². The molecule has 1 aliphatic carbocycles. The van der Waals surface area contributed by atoms with Gasteiger partial charge in [0.2, 0.25) is 0 Å². The Morgan fingerprint density at radius 1 is 1.19 bits per heavy atom. The molecule has 1 saturated carbocycles. The maximum atomic E-state index is 12.3. The van der Waals surface area contributed by atoms with Crippen molar-refractivity contribution < 1.29 is 14.6 Å². The average molecular weight is 304 g/mol. The highest BCUT2D eigenvalue weighted by atomic mass is 32.2. The van der Waals surface area contributed by atoms with Crippen LogP contribution in [0.4, 0.5) is 0 Å². The van der Waals surface area contributed by atoms with E-state index in [9.17, 15) is 9.90 Å². The summed E-state index contributed by atoms with van der Waals surface area (Å²) in [7, 11) is 0. The Morgan fingerprint density at radius 3 is 2.57 bits per heavy atom. The molecule has 1 fully saturated rings. The summed E-state index contributed by atoms with van der Waals surface area (Å²) in [5.74, 6) is -0.171. The van der Waals surface area contributed by atoms with E-state index in [0.717, 1.165) is 36.1 Å². The third-order valence-corrected chi connectivity index (χ3v) is 5.60. The Balaban J connectivity index is 1.84. The minimum Gasteiger partial charge on any atom is -0.511 e. The molecule has 1 aromatic carbocycles. The van der Waals surface area contributed by atoms with Crippen LogP contribution in [0, 0.1) is 6.92 Å². The molecule has 0 saturated heterocycles. The summed E-state index contributed by atoms with van der Waals surface area (Å²) in [6, 6.07) is 7.85. The van der Waals surface area contributed by atoms with Crippen molar-refractivity contribution >= 4 is 17.7 Å². The van der Waals surface area contributed by atoms with Gasteiger partial charge in [-0.05, 0) is 44.2 Å². The van der Waals surface area contributed by atoms with Crippen LogP contribution in [0.2, 0.25) is 0 Å². The fraction of sp³-hybridized carbons (Fsp3) is 0.471. The quantitative estimate of drug-likeness (QED) is 0.817. The van der Waals surface area contributed by atoms with E-state index in [1.54, 1.807) is 0 Å². The third-order valence-electron chi connectivity index (χ3n) is 4.32. The summed E-state index contributed by atoms with van der Waals surface area (Å²) in [6.07, 6.45) is 5.53. The van der Waals surface area contributed by atoms with Crippen molar-refractivity contribution in [1.29, 1.82) is 0 Å². The topological polar surface area (TPSA) is 46.5 Å². The van der Waals surface area contributed by atoms with Crippen LogP contribution in [0.5, 0.6) is 0 Å². The molecule has 1 aliphatic heterocycles. The van der Waals surface area contributed by atoms with Gasteiger partial charge < -0.3 is 9.84 Å². The van der Waals surface area contributed by atoms with Crippen LogP contribution in [0.3, 0.4) is 0 Å². The lowest BCUT2D eigenvalue weighted by Gasteiger charge is -2.39. The fourth-order valence-corrected chi connectivity index (χ4v) is 4.05. The van der Waals surface area contributed by atoms with Gasteiger partial charge in [0.1, 0.15) is 16.3 Å². The lowest BCUT2D eigenvalue weighted by molar-refractivity contribution is -0.161. The van der Waals surface area contributed by atoms with E-state index in [-0.39, 0.29) is 11.7 Å².